The summed E-state index contributed by atoms with van der Waals surface area (Å²) in [6.07, 6.45) is 3.35. The van der Waals surface area contributed by atoms with Gasteiger partial charge in [-0.3, -0.25) is 9.69 Å². The van der Waals surface area contributed by atoms with E-state index in [1.807, 2.05) is 37.4 Å². The number of piperidine rings is 1. The second-order valence-corrected chi connectivity index (χ2v) is 10.5. The van der Waals surface area contributed by atoms with Gasteiger partial charge >= 0.3 is 0 Å². The minimum atomic E-state index is -3.45. The van der Waals surface area contributed by atoms with Crippen LogP contribution in [0.15, 0.2) is 50.9 Å². The fourth-order valence-electron chi connectivity index (χ4n) is 3.25. The Balaban J connectivity index is 1.53. The number of nitrogens with zero attached hydrogens (tertiary/aromatic N) is 1. The molecule has 1 atom stereocenters. The molecule has 0 aliphatic carbocycles. The van der Waals surface area contributed by atoms with Crippen LogP contribution in [0.3, 0.4) is 0 Å². The highest BCUT2D eigenvalue weighted by molar-refractivity contribution is 7.98. The van der Waals surface area contributed by atoms with Gasteiger partial charge in [-0.1, -0.05) is 18.2 Å². The maximum atomic E-state index is 12.7. The number of benzene rings is 1. The SMILES string of the molecule is CSc1ccccc1NC(=O)[C@@H](C)N1CCC(NS(=O)(=O)c2cccs2)CC1. The Labute approximate surface area is 174 Å². The maximum Gasteiger partial charge on any atom is 0.250 e. The quantitative estimate of drug-likeness (QED) is 0.648. The Morgan fingerprint density at radius 1 is 1.21 bits per heavy atom. The lowest BCUT2D eigenvalue weighted by Gasteiger charge is -2.35. The van der Waals surface area contributed by atoms with Gasteiger partial charge < -0.3 is 5.32 Å². The third kappa shape index (κ3) is 5.15. The zero-order valence-corrected chi connectivity index (χ0v) is 18.4. The van der Waals surface area contributed by atoms with Crippen molar-refractivity contribution in [2.24, 2.45) is 0 Å². The smallest absolute Gasteiger partial charge is 0.250 e. The highest BCUT2D eigenvalue weighted by Crippen LogP contribution is 2.25. The van der Waals surface area contributed by atoms with E-state index in [1.165, 1.54) is 11.3 Å². The van der Waals surface area contributed by atoms with E-state index in [0.29, 0.717) is 30.1 Å². The highest BCUT2D eigenvalue weighted by Gasteiger charge is 2.29. The fourth-order valence-corrected chi connectivity index (χ4v) is 6.12. The monoisotopic (exact) mass is 439 g/mol. The standard InChI is InChI=1S/C19H25N3O3S3/c1-14(19(23)20-16-6-3-4-7-17(16)26-2)22-11-9-15(10-12-22)21-28(24,25)18-8-5-13-27-18/h3-8,13-15,21H,9-12H2,1-2H3,(H,20,23)/t14-/m1/s1. The molecule has 1 fully saturated rings. The Morgan fingerprint density at radius 2 is 1.93 bits per heavy atom. The van der Waals surface area contributed by atoms with Gasteiger partial charge in [0, 0.05) is 24.0 Å². The molecule has 2 aromatic rings. The number of hydrogen-bond donors (Lipinski definition) is 2. The summed E-state index contributed by atoms with van der Waals surface area (Å²) in [6, 6.07) is 10.7. The van der Waals surface area contributed by atoms with Gasteiger partial charge in [-0.15, -0.1) is 23.1 Å². The molecule has 2 heterocycles. The van der Waals surface area contributed by atoms with Gasteiger partial charge in [0.2, 0.25) is 15.9 Å². The van der Waals surface area contributed by atoms with E-state index < -0.39 is 10.0 Å². The van der Waals surface area contributed by atoms with Crippen LogP contribution in [0.2, 0.25) is 0 Å². The number of nitrogens with one attached hydrogen (secondary N) is 2. The molecule has 0 radical (unpaired) electrons. The van der Waals surface area contributed by atoms with Crippen LogP contribution in [-0.2, 0) is 14.8 Å². The molecule has 1 aromatic carbocycles. The molecule has 0 unspecified atom stereocenters. The molecule has 9 heteroatoms. The van der Waals surface area contributed by atoms with Gasteiger partial charge in [-0.25, -0.2) is 13.1 Å². The number of carbonyl (C=O) groups is 1. The molecule has 0 bridgehead atoms. The number of anilines is 1. The molecule has 0 spiro atoms. The lowest BCUT2D eigenvalue weighted by atomic mass is 10.0. The predicted octanol–water partition coefficient (Wildman–Crippen LogP) is 3.24. The van der Waals surface area contributed by atoms with Crippen LogP contribution in [0.25, 0.3) is 0 Å². The number of rotatable bonds is 7. The first-order valence-corrected chi connectivity index (χ1v) is 12.7. The Morgan fingerprint density at radius 3 is 2.57 bits per heavy atom. The number of carbonyl (C=O) groups excluding carboxylic acids is 1. The lowest BCUT2D eigenvalue weighted by molar-refractivity contribution is -0.121. The van der Waals surface area contributed by atoms with Crippen molar-refractivity contribution in [2.75, 3.05) is 24.7 Å². The molecular formula is C19H25N3O3S3. The Kier molecular flexibility index (Phi) is 7.16. The zero-order chi connectivity index (χ0) is 20.1. The average molecular weight is 440 g/mol. The second kappa shape index (κ2) is 9.41. The second-order valence-electron chi connectivity index (χ2n) is 6.73. The summed E-state index contributed by atoms with van der Waals surface area (Å²) in [5.74, 6) is -0.0425. The average Bonchev–Trinajstić information content (AvgIpc) is 3.24. The fraction of sp³-hybridized carbons (Fsp3) is 0.421. The topological polar surface area (TPSA) is 78.5 Å². The van der Waals surface area contributed by atoms with E-state index in [9.17, 15) is 13.2 Å². The number of amides is 1. The number of thiophene rings is 1. The minimum absolute atomic E-state index is 0.0425. The highest BCUT2D eigenvalue weighted by atomic mass is 32.2. The first kappa shape index (κ1) is 21.3. The van der Waals surface area contributed by atoms with Gasteiger partial charge in [0.05, 0.1) is 11.7 Å². The van der Waals surface area contributed by atoms with Crippen LogP contribution in [-0.4, -0.2) is 50.7 Å². The number of hydrogen-bond acceptors (Lipinski definition) is 6. The van der Waals surface area contributed by atoms with Gasteiger partial charge in [0.1, 0.15) is 4.21 Å². The number of thioether (sulfide) groups is 1. The largest absolute Gasteiger partial charge is 0.324 e. The molecule has 1 saturated heterocycles. The van der Waals surface area contributed by atoms with Crippen molar-refractivity contribution >= 4 is 44.7 Å². The van der Waals surface area contributed by atoms with Crippen molar-refractivity contribution in [3.05, 3.63) is 41.8 Å². The number of sulfonamides is 1. The summed E-state index contributed by atoms with van der Waals surface area (Å²) in [6.45, 7) is 3.25. The molecule has 1 aliphatic rings. The Bertz CT molecular complexity index is 892. The molecule has 1 aliphatic heterocycles. The van der Waals surface area contributed by atoms with Crippen LogP contribution in [0.5, 0.6) is 0 Å². The van der Waals surface area contributed by atoms with Crippen molar-refractivity contribution in [1.82, 2.24) is 9.62 Å². The van der Waals surface area contributed by atoms with Gasteiger partial charge in [-0.05, 0) is 49.6 Å². The minimum Gasteiger partial charge on any atom is -0.324 e. The summed E-state index contributed by atoms with van der Waals surface area (Å²) in [5.41, 5.74) is 0.824. The van der Waals surface area contributed by atoms with E-state index in [4.69, 9.17) is 0 Å². The maximum absolute atomic E-state index is 12.7. The molecule has 28 heavy (non-hydrogen) atoms. The van der Waals surface area contributed by atoms with Crippen molar-refractivity contribution in [3.63, 3.8) is 0 Å². The molecule has 152 valence electrons. The lowest BCUT2D eigenvalue weighted by Crippen LogP contribution is -2.50. The van der Waals surface area contributed by atoms with Crippen molar-refractivity contribution < 1.29 is 13.2 Å². The summed E-state index contributed by atoms with van der Waals surface area (Å²) in [5, 5.41) is 4.77. The van der Waals surface area contributed by atoms with Crippen molar-refractivity contribution in [1.29, 1.82) is 0 Å². The van der Waals surface area contributed by atoms with Crippen LogP contribution < -0.4 is 10.0 Å². The molecule has 1 aromatic heterocycles. The van der Waals surface area contributed by atoms with Gasteiger partial charge in [0.25, 0.3) is 0 Å². The van der Waals surface area contributed by atoms with Gasteiger partial charge in [0.15, 0.2) is 0 Å². The third-order valence-corrected chi connectivity index (χ3v) is 8.62. The van der Waals surface area contributed by atoms with Crippen molar-refractivity contribution in [2.45, 2.75) is 41.0 Å². The van der Waals surface area contributed by atoms with E-state index >= 15 is 0 Å². The number of para-hydroxylation sites is 1. The van der Waals surface area contributed by atoms with Crippen LogP contribution in [0, 0.1) is 0 Å². The molecular weight excluding hydrogens is 414 g/mol. The van der Waals surface area contributed by atoms with E-state index in [0.717, 1.165) is 10.6 Å². The number of likely N-dealkylation sites (tertiary alicyclic amines) is 1. The summed E-state index contributed by atoms with van der Waals surface area (Å²) < 4.78 is 27.9. The zero-order valence-electron chi connectivity index (χ0n) is 15.9. The predicted molar refractivity (Wildman–Crippen MR) is 116 cm³/mol. The summed E-state index contributed by atoms with van der Waals surface area (Å²) in [4.78, 5) is 15.8. The third-order valence-electron chi connectivity index (χ3n) is 4.90. The molecule has 0 saturated carbocycles. The normalized spacial score (nSPS) is 17.4. The summed E-state index contributed by atoms with van der Waals surface area (Å²) >= 11 is 2.81. The van der Waals surface area contributed by atoms with Crippen molar-refractivity contribution in [3.8, 4) is 0 Å². The molecule has 6 nitrogen and oxygen atoms in total. The van der Waals surface area contributed by atoms with Crippen LogP contribution in [0.4, 0.5) is 5.69 Å². The summed E-state index contributed by atoms with van der Waals surface area (Å²) in [7, 11) is -3.45. The molecule has 3 rings (SSSR count). The van der Waals surface area contributed by atoms with Crippen LogP contribution >= 0.6 is 23.1 Å². The van der Waals surface area contributed by atoms with Crippen LogP contribution in [0.1, 0.15) is 19.8 Å². The van der Waals surface area contributed by atoms with E-state index in [2.05, 4.69) is 14.9 Å². The van der Waals surface area contributed by atoms with Gasteiger partial charge in [-0.2, -0.15) is 0 Å². The van der Waals surface area contributed by atoms with E-state index in [1.54, 1.807) is 29.3 Å². The molecule has 2 N–H and O–H groups in total. The molecule has 1 amide bonds. The van der Waals surface area contributed by atoms with E-state index in [-0.39, 0.29) is 18.0 Å². The first-order chi connectivity index (χ1) is 13.4. The first-order valence-electron chi connectivity index (χ1n) is 9.14. The Hall–Kier alpha value is -1.39.